The standard InChI is InChI=1S/C9H10N2O5/c1-15-7-5-3-4-6(11(13)14)8(7)9(12)10-16-2/h3-5H,1-2H3,(H,10,12). The van der Waals surface area contributed by atoms with E-state index in [1.54, 1.807) is 0 Å². The van der Waals surface area contributed by atoms with E-state index in [4.69, 9.17) is 4.74 Å². The van der Waals surface area contributed by atoms with E-state index >= 15 is 0 Å². The van der Waals surface area contributed by atoms with E-state index in [1.165, 1.54) is 32.4 Å². The van der Waals surface area contributed by atoms with Gasteiger partial charge in [0.25, 0.3) is 11.6 Å². The molecule has 1 aromatic carbocycles. The van der Waals surface area contributed by atoms with E-state index < -0.39 is 10.8 Å². The van der Waals surface area contributed by atoms with Crippen LogP contribution in [0.4, 0.5) is 5.69 Å². The number of rotatable bonds is 4. The Morgan fingerprint density at radius 3 is 2.62 bits per heavy atom. The summed E-state index contributed by atoms with van der Waals surface area (Å²) in [7, 11) is 2.56. The van der Waals surface area contributed by atoms with Crippen LogP contribution in [0.5, 0.6) is 5.75 Å². The monoisotopic (exact) mass is 226 g/mol. The van der Waals surface area contributed by atoms with Crippen LogP contribution in [0, 0.1) is 10.1 Å². The first-order valence-corrected chi connectivity index (χ1v) is 4.26. The van der Waals surface area contributed by atoms with Crippen molar-refractivity contribution in [2.24, 2.45) is 0 Å². The van der Waals surface area contributed by atoms with Crippen LogP contribution in [0.1, 0.15) is 10.4 Å². The molecule has 0 aliphatic rings. The van der Waals surface area contributed by atoms with Gasteiger partial charge in [-0.2, -0.15) is 0 Å². The Balaban J connectivity index is 3.30. The number of hydrogen-bond acceptors (Lipinski definition) is 5. The number of amides is 1. The largest absolute Gasteiger partial charge is 0.496 e. The maximum Gasteiger partial charge on any atom is 0.286 e. The average molecular weight is 226 g/mol. The predicted molar refractivity (Wildman–Crippen MR) is 54.1 cm³/mol. The van der Waals surface area contributed by atoms with Crippen molar-refractivity contribution in [1.29, 1.82) is 0 Å². The molecule has 86 valence electrons. The zero-order valence-electron chi connectivity index (χ0n) is 8.72. The minimum atomic E-state index is -0.730. The normalized spacial score (nSPS) is 9.62. The lowest BCUT2D eigenvalue weighted by molar-refractivity contribution is -0.385. The van der Waals surface area contributed by atoms with Crippen molar-refractivity contribution in [3.8, 4) is 5.75 Å². The molecule has 1 amide bonds. The Kier molecular flexibility index (Phi) is 3.78. The van der Waals surface area contributed by atoms with E-state index in [-0.39, 0.29) is 17.0 Å². The molecule has 0 unspecified atom stereocenters. The van der Waals surface area contributed by atoms with Crippen LogP contribution in [0.25, 0.3) is 0 Å². The van der Waals surface area contributed by atoms with Crippen molar-refractivity contribution >= 4 is 11.6 Å². The molecule has 0 bridgehead atoms. The first-order valence-electron chi connectivity index (χ1n) is 4.26. The molecule has 0 aliphatic heterocycles. The van der Waals surface area contributed by atoms with Gasteiger partial charge in [-0.3, -0.25) is 19.7 Å². The number of carbonyl (C=O) groups is 1. The summed E-state index contributed by atoms with van der Waals surface area (Å²) < 4.78 is 4.88. The average Bonchev–Trinajstić information content (AvgIpc) is 2.28. The molecule has 0 atom stereocenters. The van der Waals surface area contributed by atoms with Gasteiger partial charge in [0, 0.05) is 6.07 Å². The molecule has 7 nitrogen and oxygen atoms in total. The van der Waals surface area contributed by atoms with Crippen LogP contribution in [-0.4, -0.2) is 25.1 Å². The Labute approximate surface area is 91.1 Å². The lowest BCUT2D eigenvalue weighted by Gasteiger charge is -2.07. The van der Waals surface area contributed by atoms with Gasteiger partial charge < -0.3 is 4.74 Å². The zero-order chi connectivity index (χ0) is 12.1. The number of nitro groups is 1. The maximum absolute atomic E-state index is 11.5. The molecule has 0 spiro atoms. The quantitative estimate of drug-likeness (QED) is 0.608. The van der Waals surface area contributed by atoms with E-state index in [0.29, 0.717) is 0 Å². The highest BCUT2D eigenvalue weighted by molar-refractivity contribution is 6.00. The third-order valence-electron chi connectivity index (χ3n) is 1.84. The number of hydrogen-bond donors (Lipinski definition) is 1. The minimum Gasteiger partial charge on any atom is -0.496 e. The van der Waals surface area contributed by atoms with Gasteiger partial charge in [-0.15, -0.1) is 0 Å². The van der Waals surface area contributed by atoms with Gasteiger partial charge in [0.15, 0.2) is 5.56 Å². The van der Waals surface area contributed by atoms with Gasteiger partial charge in [-0.1, -0.05) is 6.07 Å². The molecule has 0 saturated carbocycles. The van der Waals surface area contributed by atoms with Crippen LogP contribution in [0.15, 0.2) is 18.2 Å². The number of nitrogens with zero attached hydrogens (tertiary/aromatic N) is 1. The summed E-state index contributed by atoms with van der Waals surface area (Å²) in [6, 6.07) is 4.10. The molecule has 7 heteroatoms. The van der Waals surface area contributed by atoms with Gasteiger partial charge in [-0.05, 0) is 6.07 Å². The predicted octanol–water partition coefficient (Wildman–Crippen LogP) is 0.895. The number of nitrogens with one attached hydrogen (secondary N) is 1. The SMILES string of the molecule is CONC(=O)c1c(OC)cccc1[N+](=O)[O-]. The molecule has 1 rings (SSSR count). The third kappa shape index (κ3) is 2.26. The summed E-state index contributed by atoms with van der Waals surface area (Å²) in [5.74, 6) is -0.615. The van der Waals surface area contributed by atoms with Crippen molar-refractivity contribution in [3.05, 3.63) is 33.9 Å². The fraction of sp³-hybridized carbons (Fsp3) is 0.222. The number of methoxy groups -OCH3 is 1. The molecule has 0 heterocycles. The van der Waals surface area contributed by atoms with Crippen molar-refractivity contribution in [2.45, 2.75) is 0 Å². The molecule has 0 radical (unpaired) electrons. The molecular weight excluding hydrogens is 216 g/mol. The van der Waals surface area contributed by atoms with Crippen molar-refractivity contribution in [2.75, 3.05) is 14.2 Å². The van der Waals surface area contributed by atoms with Crippen LogP contribution in [0.2, 0.25) is 0 Å². The fourth-order valence-electron chi connectivity index (χ4n) is 1.21. The van der Waals surface area contributed by atoms with Crippen molar-refractivity contribution < 1.29 is 19.3 Å². The Morgan fingerprint density at radius 2 is 2.12 bits per heavy atom. The van der Waals surface area contributed by atoms with Gasteiger partial charge in [0.2, 0.25) is 0 Å². The molecule has 0 aliphatic carbocycles. The first-order chi connectivity index (χ1) is 7.61. The molecule has 1 N–H and O–H groups in total. The molecule has 16 heavy (non-hydrogen) atoms. The number of carbonyl (C=O) groups excluding carboxylic acids is 1. The van der Waals surface area contributed by atoms with E-state index in [9.17, 15) is 14.9 Å². The highest BCUT2D eigenvalue weighted by atomic mass is 16.6. The van der Waals surface area contributed by atoms with Gasteiger partial charge >= 0.3 is 0 Å². The summed E-state index contributed by atoms with van der Waals surface area (Å²) >= 11 is 0. The number of benzene rings is 1. The maximum atomic E-state index is 11.5. The summed E-state index contributed by atoms with van der Waals surface area (Å²) in [6.45, 7) is 0. The second-order valence-corrected chi connectivity index (χ2v) is 2.75. The van der Waals surface area contributed by atoms with E-state index in [0.717, 1.165) is 0 Å². The highest BCUT2D eigenvalue weighted by Crippen LogP contribution is 2.27. The second-order valence-electron chi connectivity index (χ2n) is 2.75. The summed E-state index contributed by atoms with van der Waals surface area (Å²) in [5.41, 5.74) is 1.50. The first kappa shape index (κ1) is 11.9. The topological polar surface area (TPSA) is 90.7 Å². The van der Waals surface area contributed by atoms with E-state index in [2.05, 4.69) is 4.84 Å². The van der Waals surface area contributed by atoms with Crippen molar-refractivity contribution in [3.63, 3.8) is 0 Å². The number of hydroxylamine groups is 1. The molecule has 0 aromatic heterocycles. The Hall–Kier alpha value is -2.15. The van der Waals surface area contributed by atoms with Crippen LogP contribution in [0.3, 0.4) is 0 Å². The minimum absolute atomic E-state index is 0.115. The second kappa shape index (κ2) is 5.08. The Bertz CT molecular complexity index is 418. The smallest absolute Gasteiger partial charge is 0.286 e. The summed E-state index contributed by atoms with van der Waals surface area (Å²) in [5, 5.41) is 10.7. The van der Waals surface area contributed by atoms with Crippen molar-refractivity contribution in [1.82, 2.24) is 5.48 Å². The summed E-state index contributed by atoms with van der Waals surface area (Å²) in [6.07, 6.45) is 0. The molecule has 0 fully saturated rings. The third-order valence-corrected chi connectivity index (χ3v) is 1.84. The lowest BCUT2D eigenvalue weighted by Crippen LogP contribution is -2.23. The highest BCUT2D eigenvalue weighted by Gasteiger charge is 2.24. The van der Waals surface area contributed by atoms with E-state index in [1.807, 2.05) is 5.48 Å². The molecule has 1 aromatic rings. The molecular formula is C9H10N2O5. The van der Waals surface area contributed by atoms with Gasteiger partial charge in [0.1, 0.15) is 5.75 Å². The number of ether oxygens (including phenoxy) is 1. The van der Waals surface area contributed by atoms with Crippen LogP contribution in [-0.2, 0) is 4.84 Å². The Morgan fingerprint density at radius 1 is 1.44 bits per heavy atom. The van der Waals surface area contributed by atoms with Gasteiger partial charge in [0.05, 0.1) is 19.1 Å². The fourth-order valence-corrected chi connectivity index (χ4v) is 1.21. The van der Waals surface area contributed by atoms with Crippen LogP contribution >= 0.6 is 0 Å². The lowest BCUT2D eigenvalue weighted by atomic mass is 10.1. The molecule has 0 saturated heterocycles. The number of nitro benzene ring substituents is 1. The zero-order valence-corrected chi connectivity index (χ0v) is 8.72. The van der Waals surface area contributed by atoms with Gasteiger partial charge in [-0.25, -0.2) is 5.48 Å². The summed E-state index contributed by atoms with van der Waals surface area (Å²) in [4.78, 5) is 26.0. The van der Waals surface area contributed by atoms with Crippen LogP contribution < -0.4 is 10.2 Å².